The second kappa shape index (κ2) is 7.44. The maximum absolute atomic E-state index is 12.0. The highest BCUT2D eigenvalue weighted by Gasteiger charge is 2.03. The summed E-state index contributed by atoms with van der Waals surface area (Å²) in [5.41, 5.74) is 4.23. The van der Waals surface area contributed by atoms with Crippen molar-refractivity contribution < 1.29 is 9.53 Å². The highest BCUT2D eigenvalue weighted by atomic mass is 16.5. The third-order valence-corrected chi connectivity index (χ3v) is 3.53. The number of carbonyl (C=O) groups excluding carboxylic acids is 1. The van der Waals surface area contributed by atoms with Crippen molar-refractivity contribution in [2.75, 3.05) is 6.61 Å². The molecule has 25 heavy (non-hydrogen) atoms. The van der Waals surface area contributed by atoms with Gasteiger partial charge in [-0.2, -0.15) is 5.10 Å². The van der Waals surface area contributed by atoms with Gasteiger partial charge in [0.15, 0.2) is 6.61 Å². The molecule has 0 saturated heterocycles. The van der Waals surface area contributed by atoms with Crippen molar-refractivity contribution >= 4 is 23.0 Å². The Balaban J connectivity index is 1.60. The van der Waals surface area contributed by atoms with Gasteiger partial charge in [0.1, 0.15) is 5.75 Å². The predicted octanol–water partition coefficient (Wildman–Crippen LogP) is 2.37. The highest BCUT2D eigenvalue weighted by molar-refractivity contribution is 5.88. The van der Waals surface area contributed by atoms with Crippen LogP contribution in [0.15, 0.2) is 64.5 Å². The molecule has 0 saturated carbocycles. The van der Waals surface area contributed by atoms with Crippen molar-refractivity contribution in [1.82, 2.24) is 10.4 Å². The van der Waals surface area contributed by atoms with Crippen LogP contribution < -0.4 is 15.7 Å². The number of hydrazone groups is 1. The summed E-state index contributed by atoms with van der Waals surface area (Å²) < 4.78 is 5.38. The summed E-state index contributed by atoms with van der Waals surface area (Å²) in [7, 11) is 0. The number of fused-ring (bicyclic) bond motifs is 1. The quantitative estimate of drug-likeness (QED) is 0.554. The van der Waals surface area contributed by atoms with Gasteiger partial charge >= 0.3 is 0 Å². The summed E-state index contributed by atoms with van der Waals surface area (Å²) in [6.45, 7) is 1.78. The van der Waals surface area contributed by atoms with E-state index in [1.807, 2.05) is 49.4 Å². The molecule has 0 aliphatic heterocycles. The number of nitrogens with one attached hydrogen (secondary N) is 2. The summed E-state index contributed by atoms with van der Waals surface area (Å²) in [6, 6.07) is 16.6. The van der Waals surface area contributed by atoms with E-state index in [0.29, 0.717) is 11.3 Å². The van der Waals surface area contributed by atoms with Gasteiger partial charge in [0, 0.05) is 5.52 Å². The van der Waals surface area contributed by atoms with Gasteiger partial charge in [0.05, 0.1) is 11.8 Å². The number of pyridine rings is 1. The number of amides is 1. The molecule has 2 N–H and O–H groups in total. The van der Waals surface area contributed by atoms with Gasteiger partial charge in [-0.25, -0.2) is 5.43 Å². The lowest BCUT2D eigenvalue weighted by atomic mass is 10.2. The van der Waals surface area contributed by atoms with Gasteiger partial charge in [0.25, 0.3) is 11.5 Å². The molecule has 2 aromatic carbocycles. The van der Waals surface area contributed by atoms with E-state index in [2.05, 4.69) is 15.5 Å². The summed E-state index contributed by atoms with van der Waals surface area (Å²) in [4.78, 5) is 26.5. The van der Waals surface area contributed by atoms with E-state index in [-0.39, 0.29) is 12.2 Å². The Morgan fingerprint density at radius 1 is 1.20 bits per heavy atom. The summed E-state index contributed by atoms with van der Waals surface area (Å²) in [5, 5.41) is 4.70. The SMILES string of the molecule is Cc1cccc(OCC(=O)N/N=C/c2cc3ccccc3[nH]c2=O)c1. The van der Waals surface area contributed by atoms with Crippen LogP contribution in [0, 0.1) is 6.92 Å². The van der Waals surface area contributed by atoms with E-state index in [1.165, 1.54) is 6.21 Å². The third kappa shape index (κ3) is 4.32. The number of nitrogens with zero attached hydrogens (tertiary/aromatic N) is 1. The predicted molar refractivity (Wildman–Crippen MR) is 97.0 cm³/mol. The fourth-order valence-corrected chi connectivity index (χ4v) is 2.32. The second-order valence-electron chi connectivity index (χ2n) is 5.54. The molecule has 3 aromatic rings. The fourth-order valence-electron chi connectivity index (χ4n) is 2.32. The average Bonchev–Trinajstić information content (AvgIpc) is 2.60. The molecule has 6 nitrogen and oxygen atoms in total. The first-order chi connectivity index (χ1) is 12.1. The Bertz CT molecular complexity index is 992. The molecular weight excluding hydrogens is 318 g/mol. The largest absolute Gasteiger partial charge is 0.484 e. The monoisotopic (exact) mass is 335 g/mol. The van der Waals surface area contributed by atoms with Gasteiger partial charge in [-0.05, 0) is 42.1 Å². The number of para-hydroxylation sites is 1. The molecule has 1 heterocycles. The maximum Gasteiger partial charge on any atom is 0.277 e. The van der Waals surface area contributed by atoms with E-state index in [9.17, 15) is 9.59 Å². The Hall–Kier alpha value is -3.41. The zero-order valence-corrected chi connectivity index (χ0v) is 13.7. The molecule has 1 amide bonds. The number of aryl methyl sites for hydroxylation is 1. The molecular formula is C19H17N3O3. The molecule has 0 radical (unpaired) electrons. The Kier molecular flexibility index (Phi) is 4.89. The van der Waals surface area contributed by atoms with Gasteiger partial charge in [-0.15, -0.1) is 0 Å². The number of benzene rings is 2. The topological polar surface area (TPSA) is 83.5 Å². The van der Waals surface area contributed by atoms with E-state index in [1.54, 1.807) is 12.1 Å². The normalized spacial score (nSPS) is 10.9. The minimum atomic E-state index is -0.407. The maximum atomic E-state index is 12.0. The lowest BCUT2D eigenvalue weighted by Crippen LogP contribution is -2.25. The van der Waals surface area contributed by atoms with Crippen LogP contribution in [-0.4, -0.2) is 23.7 Å². The number of hydrogen-bond acceptors (Lipinski definition) is 4. The standard InChI is InChI=1S/C19H17N3O3/c1-13-5-4-7-16(9-13)25-12-18(23)22-20-11-15-10-14-6-2-3-8-17(14)21-19(15)24/h2-11H,12H2,1H3,(H,21,24)(H,22,23)/b20-11+. The van der Waals surface area contributed by atoms with Gasteiger partial charge in [-0.1, -0.05) is 30.3 Å². The minimum absolute atomic E-state index is 0.158. The molecule has 0 atom stereocenters. The third-order valence-electron chi connectivity index (χ3n) is 3.53. The number of ether oxygens (including phenoxy) is 1. The number of hydrogen-bond donors (Lipinski definition) is 2. The first kappa shape index (κ1) is 16.4. The Morgan fingerprint density at radius 2 is 2.04 bits per heavy atom. The van der Waals surface area contributed by atoms with Gasteiger partial charge in [-0.3, -0.25) is 9.59 Å². The molecule has 6 heteroatoms. The van der Waals surface area contributed by atoms with Gasteiger partial charge in [0.2, 0.25) is 0 Å². The number of H-pyrrole nitrogens is 1. The van der Waals surface area contributed by atoms with E-state index >= 15 is 0 Å². The lowest BCUT2D eigenvalue weighted by Gasteiger charge is -2.05. The highest BCUT2D eigenvalue weighted by Crippen LogP contribution is 2.12. The van der Waals surface area contributed by atoms with Crippen molar-refractivity contribution in [1.29, 1.82) is 0 Å². The zero-order valence-electron chi connectivity index (χ0n) is 13.7. The van der Waals surface area contributed by atoms with Crippen molar-refractivity contribution in [2.45, 2.75) is 6.92 Å². The second-order valence-corrected chi connectivity index (χ2v) is 5.54. The number of carbonyl (C=O) groups is 1. The summed E-state index contributed by atoms with van der Waals surface area (Å²) >= 11 is 0. The zero-order chi connectivity index (χ0) is 17.6. The van der Waals surface area contributed by atoms with Crippen LogP contribution in [0.3, 0.4) is 0 Å². The van der Waals surface area contributed by atoms with Crippen molar-refractivity contribution in [3.63, 3.8) is 0 Å². The lowest BCUT2D eigenvalue weighted by molar-refractivity contribution is -0.123. The minimum Gasteiger partial charge on any atom is -0.484 e. The molecule has 0 bridgehead atoms. The molecule has 0 aliphatic carbocycles. The number of rotatable bonds is 5. The van der Waals surface area contributed by atoms with Crippen molar-refractivity contribution in [3.05, 3.63) is 76.1 Å². The first-order valence-corrected chi connectivity index (χ1v) is 7.75. The molecule has 0 unspecified atom stereocenters. The summed E-state index contributed by atoms with van der Waals surface area (Å²) in [5.74, 6) is 0.208. The molecule has 3 rings (SSSR count). The fraction of sp³-hybridized carbons (Fsp3) is 0.105. The van der Waals surface area contributed by atoms with Crippen LogP contribution >= 0.6 is 0 Å². The van der Waals surface area contributed by atoms with Crippen molar-refractivity contribution in [3.8, 4) is 5.75 Å². The molecule has 0 aliphatic rings. The number of aromatic amines is 1. The van der Waals surface area contributed by atoms with Crippen LogP contribution in [0.2, 0.25) is 0 Å². The van der Waals surface area contributed by atoms with E-state index in [4.69, 9.17) is 4.74 Å². The van der Waals surface area contributed by atoms with Gasteiger partial charge < -0.3 is 9.72 Å². The average molecular weight is 335 g/mol. The van der Waals surface area contributed by atoms with Crippen LogP contribution in [0.5, 0.6) is 5.75 Å². The van der Waals surface area contributed by atoms with Crippen LogP contribution in [-0.2, 0) is 4.79 Å². The van der Waals surface area contributed by atoms with E-state index < -0.39 is 5.91 Å². The number of aromatic nitrogens is 1. The van der Waals surface area contributed by atoms with Crippen molar-refractivity contribution in [2.24, 2.45) is 5.10 Å². The Morgan fingerprint density at radius 3 is 2.88 bits per heavy atom. The molecule has 0 fully saturated rings. The van der Waals surface area contributed by atoms with E-state index in [0.717, 1.165) is 16.5 Å². The molecule has 126 valence electrons. The van der Waals surface area contributed by atoms with Crippen LogP contribution in [0.4, 0.5) is 0 Å². The summed E-state index contributed by atoms with van der Waals surface area (Å²) in [6.07, 6.45) is 1.32. The molecule has 0 spiro atoms. The smallest absolute Gasteiger partial charge is 0.277 e. The Labute approximate surface area is 144 Å². The first-order valence-electron chi connectivity index (χ1n) is 7.75. The van der Waals surface area contributed by atoms with Crippen LogP contribution in [0.1, 0.15) is 11.1 Å². The van der Waals surface area contributed by atoms with Crippen LogP contribution in [0.25, 0.3) is 10.9 Å². The molecule has 1 aromatic heterocycles.